The van der Waals surface area contributed by atoms with Crippen LogP contribution in [0.4, 0.5) is 4.39 Å². The van der Waals surface area contributed by atoms with Crippen LogP contribution in [0.25, 0.3) is 0 Å². The molecule has 0 amide bonds. The fourth-order valence-electron chi connectivity index (χ4n) is 1.44. The smallest absolute Gasteiger partial charge is 0.123 e. The molecule has 2 aromatic rings. The maximum atomic E-state index is 12.9. The molecule has 2 nitrogen and oxygen atoms in total. The highest BCUT2D eigenvalue weighted by Crippen LogP contribution is 2.08. The van der Waals surface area contributed by atoms with Gasteiger partial charge in [0.15, 0.2) is 0 Å². The minimum absolute atomic E-state index is 0.190. The highest BCUT2D eigenvalue weighted by Gasteiger charge is 1.99. The van der Waals surface area contributed by atoms with Crippen molar-refractivity contribution in [2.45, 2.75) is 20.0 Å². The van der Waals surface area contributed by atoms with Crippen molar-refractivity contribution in [2.75, 3.05) is 0 Å². The van der Waals surface area contributed by atoms with Gasteiger partial charge < -0.3 is 5.32 Å². The van der Waals surface area contributed by atoms with Crippen LogP contribution in [0.5, 0.6) is 0 Å². The van der Waals surface area contributed by atoms with Crippen molar-refractivity contribution >= 4 is 11.3 Å². The first-order valence-corrected chi connectivity index (χ1v) is 5.98. The van der Waals surface area contributed by atoms with Crippen LogP contribution in [0.1, 0.15) is 16.3 Å². The van der Waals surface area contributed by atoms with Crippen LogP contribution in [-0.4, -0.2) is 4.98 Å². The number of thiazole rings is 1. The lowest BCUT2D eigenvalue weighted by Crippen LogP contribution is -2.12. The molecular weight excluding hydrogens is 223 g/mol. The molecule has 1 N–H and O–H groups in total. The van der Waals surface area contributed by atoms with E-state index in [0.717, 1.165) is 22.8 Å². The SMILES string of the molecule is Cc1csc(CNCc2cccc(F)c2)n1. The van der Waals surface area contributed by atoms with E-state index in [4.69, 9.17) is 0 Å². The molecule has 16 heavy (non-hydrogen) atoms. The normalized spacial score (nSPS) is 10.6. The average Bonchev–Trinajstić information content (AvgIpc) is 2.64. The summed E-state index contributed by atoms with van der Waals surface area (Å²) in [6.07, 6.45) is 0. The lowest BCUT2D eigenvalue weighted by molar-refractivity contribution is 0.620. The van der Waals surface area contributed by atoms with Gasteiger partial charge in [-0.25, -0.2) is 9.37 Å². The van der Waals surface area contributed by atoms with Gasteiger partial charge in [0.1, 0.15) is 10.8 Å². The fourth-order valence-corrected chi connectivity index (χ4v) is 2.19. The number of halogens is 1. The Hall–Kier alpha value is -1.26. The molecule has 0 radical (unpaired) electrons. The summed E-state index contributed by atoms with van der Waals surface area (Å²) in [5.74, 6) is -0.190. The minimum Gasteiger partial charge on any atom is -0.306 e. The van der Waals surface area contributed by atoms with Crippen LogP contribution in [0.3, 0.4) is 0 Å². The quantitative estimate of drug-likeness (QED) is 0.883. The fraction of sp³-hybridized carbons (Fsp3) is 0.250. The van der Waals surface area contributed by atoms with Gasteiger partial charge in [0.2, 0.25) is 0 Å². The summed E-state index contributed by atoms with van der Waals surface area (Å²) in [6.45, 7) is 3.37. The second-order valence-electron chi connectivity index (χ2n) is 3.62. The second kappa shape index (κ2) is 5.18. The molecule has 4 heteroatoms. The zero-order valence-electron chi connectivity index (χ0n) is 9.03. The van der Waals surface area contributed by atoms with Gasteiger partial charge in [-0.2, -0.15) is 0 Å². The van der Waals surface area contributed by atoms with E-state index in [1.54, 1.807) is 23.5 Å². The highest BCUT2D eigenvalue weighted by molar-refractivity contribution is 7.09. The number of aryl methyl sites for hydroxylation is 1. The Kier molecular flexibility index (Phi) is 3.64. The second-order valence-corrected chi connectivity index (χ2v) is 4.56. The van der Waals surface area contributed by atoms with Crippen LogP contribution < -0.4 is 5.32 Å². The molecule has 2 rings (SSSR count). The van der Waals surface area contributed by atoms with Crippen molar-refractivity contribution in [2.24, 2.45) is 0 Å². The van der Waals surface area contributed by atoms with Gasteiger partial charge in [-0.05, 0) is 24.6 Å². The Morgan fingerprint density at radius 3 is 2.94 bits per heavy atom. The summed E-state index contributed by atoms with van der Waals surface area (Å²) in [7, 11) is 0. The maximum Gasteiger partial charge on any atom is 0.123 e. The number of aromatic nitrogens is 1. The molecule has 0 unspecified atom stereocenters. The molecule has 1 heterocycles. The van der Waals surface area contributed by atoms with Crippen molar-refractivity contribution in [3.8, 4) is 0 Å². The van der Waals surface area contributed by atoms with Gasteiger partial charge in [0, 0.05) is 24.2 Å². The van der Waals surface area contributed by atoms with E-state index in [0.29, 0.717) is 6.54 Å². The molecule has 0 fully saturated rings. The van der Waals surface area contributed by atoms with Gasteiger partial charge in [-0.1, -0.05) is 12.1 Å². The van der Waals surface area contributed by atoms with E-state index in [1.807, 2.05) is 18.4 Å². The Balaban J connectivity index is 1.84. The predicted octanol–water partition coefficient (Wildman–Crippen LogP) is 2.88. The van der Waals surface area contributed by atoms with Gasteiger partial charge in [0.25, 0.3) is 0 Å². The lowest BCUT2D eigenvalue weighted by atomic mass is 10.2. The summed E-state index contributed by atoms with van der Waals surface area (Å²) in [4.78, 5) is 4.34. The average molecular weight is 236 g/mol. The number of nitrogens with one attached hydrogen (secondary N) is 1. The third-order valence-corrected chi connectivity index (χ3v) is 3.13. The number of hydrogen-bond donors (Lipinski definition) is 1. The van der Waals surface area contributed by atoms with Gasteiger partial charge in [-0.3, -0.25) is 0 Å². The number of rotatable bonds is 4. The molecule has 0 aliphatic carbocycles. The summed E-state index contributed by atoms with van der Waals surface area (Å²) in [5, 5.41) is 6.33. The summed E-state index contributed by atoms with van der Waals surface area (Å²) in [6, 6.07) is 6.62. The van der Waals surface area contributed by atoms with E-state index in [9.17, 15) is 4.39 Å². The molecule has 0 spiro atoms. The Labute approximate surface area is 98.2 Å². The molecule has 0 aliphatic heterocycles. The molecular formula is C12H13FN2S. The van der Waals surface area contributed by atoms with Gasteiger partial charge in [0.05, 0.1) is 0 Å². The van der Waals surface area contributed by atoms with Crippen molar-refractivity contribution in [1.82, 2.24) is 10.3 Å². The van der Waals surface area contributed by atoms with Gasteiger partial charge in [-0.15, -0.1) is 11.3 Å². The number of nitrogens with zero attached hydrogens (tertiary/aromatic N) is 1. The van der Waals surface area contributed by atoms with Crippen molar-refractivity contribution in [1.29, 1.82) is 0 Å². The van der Waals surface area contributed by atoms with E-state index >= 15 is 0 Å². The Morgan fingerprint density at radius 2 is 2.25 bits per heavy atom. The summed E-state index contributed by atoms with van der Waals surface area (Å²) in [5.41, 5.74) is 2.00. The van der Waals surface area contributed by atoms with E-state index in [2.05, 4.69) is 10.3 Å². The molecule has 84 valence electrons. The molecule has 1 aromatic carbocycles. The third kappa shape index (κ3) is 3.12. The predicted molar refractivity (Wildman–Crippen MR) is 63.8 cm³/mol. The van der Waals surface area contributed by atoms with Crippen LogP contribution in [-0.2, 0) is 13.1 Å². The van der Waals surface area contributed by atoms with Crippen molar-refractivity contribution in [3.05, 3.63) is 51.7 Å². The van der Waals surface area contributed by atoms with E-state index in [-0.39, 0.29) is 5.82 Å². The van der Waals surface area contributed by atoms with Crippen molar-refractivity contribution in [3.63, 3.8) is 0 Å². The highest BCUT2D eigenvalue weighted by atomic mass is 32.1. The summed E-state index contributed by atoms with van der Waals surface area (Å²) < 4.78 is 12.9. The molecule has 0 saturated heterocycles. The van der Waals surface area contributed by atoms with Crippen LogP contribution >= 0.6 is 11.3 Å². The Morgan fingerprint density at radius 1 is 1.38 bits per heavy atom. The molecule has 1 aromatic heterocycles. The first kappa shape index (κ1) is 11.2. The maximum absolute atomic E-state index is 12.9. The lowest BCUT2D eigenvalue weighted by Gasteiger charge is -2.02. The molecule has 0 bridgehead atoms. The zero-order valence-corrected chi connectivity index (χ0v) is 9.85. The van der Waals surface area contributed by atoms with Crippen LogP contribution in [0.15, 0.2) is 29.6 Å². The third-order valence-electron chi connectivity index (χ3n) is 2.16. The van der Waals surface area contributed by atoms with Crippen molar-refractivity contribution < 1.29 is 4.39 Å². The Bertz CT molecular complexity index is 468. The number of benzene rings is 1. The molecule has 0 saturated carbocycles. The van der Waals surface area contributed by atoms with Gasteiger partial charge >= 0.3 is 0 Å². The standard InChI is InChI=1S/C12H13FN2S/c1-9-8-16-12(15-9)7-14-6-10-3-2-4-11(13)5-10/h2-5,8,14H,6-7H2,1H3. The van der Waals surface area contributed by atoms with E-state index in [1.165, 1.54) is 6.07 Å². The van der Waals surface area contributed by atoms with E-state index < -0.39 is 0 Å². The largest absolute Gasteiger partial charge is 0.306 e. The van der Waals surface area contributed by atoms with Crippen LogP contribution in [0, 0.1) is 12.7 Å². The monoisotopic (exact) mass is 236 g/mol. The van der Waals surface area contributed by atoms with Crippen LogP contribution in [0.2, 0.25) is 0 Å². The minimum atomic E-state index is -0.190. The molecule has 0 aliphatic rings. The summed E-state index contributed by atoms with van der Waals surface area (Å²) >= 11 is 1.64. The molecule has 0 atom stereocenters. The zero-order chi connectivity index (χ0) is 11.4. The topological polar surface area (TPSA) is 24.9 Å². The first-order valence-electron chi connectivity index (χ1n) is 5.10. The number of hydrogen-bond acceptors (Lipinski definition) is 3. The first-order chi connectivity index (χ1) is 7.74.